The van der Waals surface area contributed by atoms with Gasteiger partial charge in [0.25, 0.3) is 5.56 Å². The lowest BCUT2D eigenvalue weighted by Gasteiger charge is -2.17. The van der Waals surface area contributed by atoms with E-state index in [1.54, 1.807) is 19.3 Å². The lowest BCUT2D eigenvalue weighted by Crippen LogP contribution is -2.31. The third kappa shape index (κ3) is 5.13. The summed E-state index contributed by atoms with van der Waals surface area (Å²) >= 11 is 0. The molecule has 8 heteroatoms. The summed E-state index contributed by atoms with van der Waals surface area (Å²) in [4.78, 5) is 29.5. The summed E-state index contributed by atoms with van der Waals surface area (Å²) in [5.41, 5.74) is 1.97. The van der Waals surface area contributed by atoms with E-state index in [4.69, 9.17) is 0 Å². The average Bonchev–Trinajstić information content (AvgIpc) is 2.86. The normalized spacial score (nSPS) is 11.0. The molecule has 0 bridgehead atoms. The molecule has 4 aromatic rings. The van der Waals surface area contributed by atoms with Crippen LogP contribution in [0.4, 0.5) is 11.4 Å². The van der Waals surface area contributed by atoms with Gasteiger partial charge in [-0.2, -0.15) is 5.10 Å². The van der Waals surface area contributed by atoms with E-state index in [2.05, 4.69) is 32.8 Å². The van der Waals surface area contributed by atoms with Crippen LogP contribution in [0.5, 0.6) is 0 Å². The van der Waals surface area contributed by atoms with E-state index in [-0.39, 0.29) is 23.5 Å². The summed E-state index contributed by atoms with van der Waals surface area (Å²) in [7, 11) is 0. The zero-order valence-electron chi connectivity index (χ0n) is 19.0. The minimum atomic E-state index is -1.17. The highest BCUT2D eigenvalue weighted by Gasteiger charge is 2.22. The smallest absolute Gasteiger partial charge is 0.356 e. The van der Waals surface area contributed by atoms with Gasteiger partial charge in [-0.3, -0.25) is 9.78 Å². The Morgan fingerprint density at radius 3 is 2.50 bits per heavy atom. The lowest BCUT2D eigenvalue weighted by atomic mass is 10.1. The van der Waals surface area contributed by atoms with Crippen molar-refractivity contribution in [1.82, 2.24) is 20.1 Å². The number of aromatic nitrogens is 3. The molecule has 0 spiro atoms. The monoisotopic (exact) mass is 457 g/mol. The van der Waals surface area contributed by atoms with Crippen molar-refractivity contribution >= 4 is 28.1 Å². The molecule has 2 heterocycles. The van der Waals surface area contributed by atoms with Crippen LogP contribution in [-0.4, -0.2) is 38.9 Å². The van der Waals surface area contributed by atoms with E-state index in [9.17, 15) is 14.7 Å². The highest BCUT2D eigenvalue weighted by Crippen LogP contribution is 2.26. The van der Waals surface area contributed by atoms with E-state index in [1.807, 2.05) is 42.5 Å². The highest BCUT2D eigenvalue weighted by molar-refractivity contribution is 5.95. The molecule has 0 fully saturated rings. The van der Waals surface area contributed by atoms with Gasteiger partial charge in [0.1, 0.15) is 5.69 Å². The van der Waals surface area contributed by atoms with E-state index >= 15 is 0 Å². The van der Waals surface area contributed by atoms with Gasteiger partial charge in [0.15, 0.2) is 5.69 Å². The quantitative estimate of drug-likeness (QED) is 0.312. The Kier molecular flexibility index (Phi) is 7.29. The minimum Gasteiger partial charge on any atom is -0.476 e. The van der Waals surface area contributed by atoms with E-state index in [0.29, 0.717) is 24.2 Å². The molecule has 4 rings (SSSR count). The molecule has 2 aromatic carbocycles. The van der Waals surface area contributed by atoms with Crippen LogP contribution in [0.2, 0.25) is 0 Å². The minimum absolute atomic E-state index is 0.123. The Hall–Kier alpha value is -4.04. The SMILES string of the molecule is CCn1nc(C(=O)O)c(CCNCCc2ccccc2)c(Nc2cncc3ccccc23)c1=O. The third-order valence-electron chi connectivity index (χ3n) is 5.67. The molecule has 8 nitrogen and oxygen atoms in total. The second-order valence-electron chi connectivity index (χ2n) is 7.90. The van der Waals surface area contributed by atoms with Gasteiger partial charge in [0.05, 0.1) is 11.9 Å². The Balaban J connectivity index is 1.63. The van der Waals surface area contributed by atoms with Crippen molar-refractivity contribution in [3.8, 4) is 0 Å². The van der Waals surface area contributed by atoms with Gasteiger partial charge in [-0.1, -0.05) is 54.6 Å². The van der Waals surface area contributed by atoms with E-state index in [0.717, 1.165) is 23.7 Å². The Morgan fingerprint density at radius 1 is 1.00 bits per heavy atom. The maximum absolute atomic E-state index is 13.2. The Labute approximate surface area is 197 Å². The van der Waals surface area contributed by atoms with Crippen molar-refractivity contribution < 1.29 is 9.90 Å². The molecule has 0 aliphatic rings. The van der Waals surface area contributed by atoms with Gasteiger partial charge in [-0.25, -0.2) is 9.48 Å². The average molecular weight is 458 g/mol. The van der Waals surface area contributed by atoms with Crippen LogP contribution in [0, 0.1) is 0 Å². The fraction of sp³-hybridized carbons (Fsp3) is 0.231. The molecule has 34 heavy (non-hydrogen) atoms. The number of carboxylic acids is 1. The number of hydrogen-bond donors (Lipinski definition) is 3. The standard InChI is InChI=1S/C26H27N5O3/c1-2-31-25(32)23(29-22-17-28-16-19-10-6-7-11-20(19)22)21(24(30-31)26(33)34)13-15-27-14-12-18-8-4-3-5-9-18/h3-11,16-17,27,29H,2,12-15H2,1H3,(H,33,34). The van der Waals surface area contributed by atoms with Crippen molar-refractivity contribution in [1.29, 1.82) is 0 Å². The maximum atomic E-state index is 13.2. The molecule has 2 aromatic heterocycles. The van der Waals surface area contributed by atoms with Crippen molar-refractivity contribution in [2.24, 2.45) is 0 Å². The fourth-order valence-electron chi connectivity index (χ4n) is 3.93. The lowest BCUT2D eigenvalue weighted by molar-refractivity contribution is 0.0686. The first-order valence-electron chi connectivity index (χ1n) is 11.3. The molecule has 0 amide bonds. The fourth-order valence-corrected chi connectivity index (χ4v) is 3.93. The second-order valence-corrected chi connectivity index (χ2v) is 7.90. The van der Waals surface area contributed by atoms with Crippen molar-refractivity contribution in [3.63, 3.8) is 0 Å². The zero-order valence-corrected chi connectivity index (χ0v) is 19.0. The van der Waals surface area contributed by atoms with E-state index < -0.39 is 5.97 Å². The second kappa shape index (κ2) is 10.7. The van der Waals surface area contributed by atoms with Crippen LogP contribution in [-0.2, 0) is 19.4 Å². The number of aromatic carboxylic acids is 1. The van der Waals surface area contributed by atoms with Crippen LogP contribution in [0.1, 0.15) is 28.5 Å². The topological polar surface area (TPSA) is 109 Å². The molecule has 0 radical (unpaired) electrons. The summed E-state index contributed by atoms with van der Waals surface area (Å²) in [5, 5.41) is 22.3. The molecule has 0 saturated heterocycles. The van der Waals surface area contributed by atoms with Gasteiger partial charge in [-0.05, 0) is 38.4 Å². The summed E-state index contributed by atoms with van der Waals surface area (Å²) in [6.07, 6.45) is 4.58. The molecular weight excluding hydrogens is 430 g/mol. The van der Waals surface area contributed by atoms with Crippen molar-refractivity contribution in [2.45, 2.75) is 26.3 Å². The van der Waals surface area contributed by atoms with Crippen LogP contribution >= 0.6 is 0 Å². The van der Waals surface area contributed by atoms with Gasteiger partial charge >= 0.3 is 5.97 Å². The molecule has 3 N–H and O–H groups in total. The van der Waals surface area contributed by atoms with Crippen LogP contribution in [0.25, 0.3) is 10.8 Å². The zero-order chi connectivity index (χ0) is 23.9. The van der Waals surface area contributed by atoms with Crippen molar-refractivity contribution in [2.75, 3.05) is 18.4 Å². The first-order valence-corrected chi connectivity index (χ1v) is 11.3. The number of fused-ring (bicyclic) bond motifs is 1. The Morgan fingerprint density at radius 2 is 1.74 bits per heavy atom. The third-order valence-corrected chi connectivity index (χ3v) is 5.67. The summed E-state index contributed by atoms with van der Waals surface area (Å²) in [5.74, 6) is -1.17. The summed E-state index contributed by atoms with van der Waals surface area (Å²) < 4.78 is 1.18. The first kappa shape index (κ1) is 23.1. The molecule has 0 aliphatic carbocycles. The highest BCUT2D eigenvalue weighted by atomic mass is 16.4. The number of anilines is 2. The first-order chi connectivity index (χ1) is 16.6. The molecule has 0 unspecified atom stereocenters. The molecule has 0 aliphatic heterocycles. The number of benzene rings is 2. The van der Waals surface area contributed by atoms with Gasteiger partial charge < -0.3 is 15.7 Å². The summed E-state index contributed by atoms with van der Waals surface area (Å²) in [6.45, 7) is 3.26. The molecule has 0 atom stereocenters. The summed E-state index contributed by atoms with van der Waals surface area (Å²) in [6, 6.07) is 17.8. The predicted molar refractivity (Wildman–Crippen MR) is 133 cm³/mol. The van der Waals surface area contributed by atoms with Gasteiger partial charge in [0.2, 0.25) is 0 Å². The van der Waals surface area contributed by atoms with Crippen LogP contribution in [0.3, 0.4) is 0 Å². The number of rotatable bonds is 10. The Bertz CT molecular complexity index is 1350. The van der Waals surface area contributed by atoms with Gasteiger partial charge in [-0.15, -0.1) is 0 Å². The van der Waals surface area contributed by atoms with E-state index in [1.165, 1.54) is 10.2 Å². The number of carbonyl (C=O) groups is 1. The van der Waals surface area contributed by atoms with Crippen LogP contribution in [0.15, 0.2) is 71.8 Å². The number of pyridine rings is 1. The van der Waals surface area contributed by atoms with Crippen molar-refractivity contribution in [3.05, 3.63) is 94.2 Å². The van der Waals surface area contributed by atoms with Gasteiger partial charge in [0, 0.05) is 29.1 Å². The number of nitrogens with zero attached hydrogens (tertiary/aromatic N) is 3. The van der Waals surface area contributed by atoms with Crippen LogP contribution < -0.4 is 16.2 Å². The number of nitrogens with one attached hydrogen (secondary N) is 2. The number of aryl methyl sites for hydroxylation is 1. The predicted octanol–water partition coefficient (Wildman–Crippen LogP) is 3.63. The molecular formula is C26H27N5O3. The molecule has 0 saturated carbocycles. The molecule has 174 valence electrons. The maximum Gasteiger partial charge on any atom is 0.356 e. The number of carboxylic acid groups (broad SMARTS) is 1. The number of hydrogen-bond acceptors (Lipinski definition) is 6. The largest absolute Gasteiger partial charge is 0.476 e.